The van der Waals surface area contributed by atoms with Gasteiger partial charge in [0.05, 0.1) is 5.39 Å². The molecule has 0 saturated heterocycles. The lowest BCUT2D eigenvalue weighted by atomic mass is 10.1. The smallest absolute Gasteiger partial charge is 0.194 e. The van der Waals surface area contributed by atoms with Crippen LogP contribution in [0, 0.1) is 0 Å². The summed E-state index contributed by atoms with van der Waals surface area (Å²) in [5.41, 5.74) is 1.69. The molecule has 0 fully saturated rings. The zero-order chi connectivity index (χ0) is 12.1. The number of nitrogens with zero attached hydrogens (tertiary/aromatic N) is 2. The third kappa shape index (κ3) is 2.13. The summed E-state index contributed by atoms with van der Waals surface area (Å²) in [5.74, 6) is 0. The molecule has 3 nitrogen and oxygen atoms in total. The highest BCUT2D eigenvalue weighted by Crippen LogP contribution is 2.06. The molecule has 2 rings (SSSR count). The normalized spacial score (nSPS) is 9.75. The molecule has 0 spiro atoms. The van der Waals surface area contributed by atoms with Gasteiger partial charge in [-0.2, -0.15) is 0 Å². The van der Waals surface area contributed by atoms with E-state index < -0.39 is 0 Å². The molecular formula is C13H18N2O. The Balaban J connectivity index is 0.000000606. The summed E-state index contributed by atoms with van der Waals surface area (Å²) in [6, 6.07) is 3.62. The third-order valence-electron chi connectivity index (χ3n) is 2.39. The Hall–Kier alpha value is -1.64. The summed E-state index contributed by atoms with van der Waals surface area (Å²) < 4.78 is 1.90. The molecule has 16 heavy (non-hydrogen) atoms. The molecule has 3 heteroatoms. The molecule has 0 radical (unpaired) electrons. The molecule has 2 aromatic heterocycles. The molecule has 2 aromatic rings. The summed E-state index contributed by atoms with van der Waals surface area (Å²) in [7, 11) is 1.91. The first-order valence-corrected chi connectivity index (χ1v) is 5.67. The van der Waals surface area contributed by atoms with E-state index in [0.717, 1.165) is 17.6 Å². The summed E-state index contributed by atoms with van der Waals surface area (Å²) in [4.78, 5) is 16.0. The standard InChI is InChI=1S/C11H12N2O.C2H6/c1-3-8-7-13(2)11-9(10(8)14)5-4-6-12-11;1-2/h4-7H,3H2,1-2H3;1-2H3. The molecule has 0 amide bonds. The van der Waals surface area contributed by atoms with Crippen LogP contribution in [-0.2, 0) is 13.5 Å². The topological polar surface area (TPSA) is 34.9 Å². The van der Waals surface area contributed by atoms with Gasteiger partial charge in [-0.05, 0) is 18.6 Å². The molecule has 0 bridgehead atoms. The lowest BCUT2D eigenvalue weighted by Gasteiger charge is -2.05. The first kappa shape index (κ1) is 12.4. The van der Waals surface area contributed by atoms with Gasteiger partial charge >= 0.3 is 0 Å². The Bertz CT molecular complexity index is 529. The Kier molecular flexibility index (Phi) is 4.23. The van der Waals surface area contributed by atoms with Crippen LogP contribution in [0.25, 0.3) is 11.0 Å². The summed E-state index contributed by atoms with van der Waals surface area (Å²) in [6.07, 6.45) is 4.32. The van der Waals surface area contributed by atoms with Gasteiger partial charge in [0.15, 0.2) is 5.43 Å². The number of aryl methyl sites for hydroxylation is 2. The van der Waals surface area contributed by atoms with Crippen LogP contribution in [-0.4, -0.2) is 9.55 Å². The fraction of sp³-hybridized carbons (Fsp3) is 0.385. The maximum Gasteiger partial charge on any atom is 0.194 e. The Labute approximate surface area is 95.8 Å². The summed E-state index contributed by atoms with van der Waals surface area (Å²) >= 11 is 0. The van der Waals surface area contributed by atoms with Gasteiger partial charge in [-0.15, -0.1) is 0 Å². The van der Waals surface area contributed by atoms with E-state index in [-0.39, 0.29) is 5.43 Å². The fourth-order valence-electron chi connectivity index (χ4n) is 1.63. The number of rotatable bonds is 1. The molecule has 0 saturated carbocycles. The van der Waals surface area contributed by atoms with Crippen molar-refractivity contribution in [2.24, 2.45) is 7.05 Å². The molecular weight excluding hydrogens is 200 g/mol. The van der Waals surface area contributed by atoms with E-state index in [0.29, 0.717) is 5.39 Å². The van der Waals surface area contributed by atoms with E-state index in [1.165, 1.54) is 0 Å². The van der Waals surface area contributed by atoms with Crippen molar-refractivity contribution in [3.63, 3.8) is 0 Å². The van der Waals surface area contributed by atoms with Crippen molar-refractivity contribution >= 4 is 11.0 Å². The first-order chi connectivity index (χ1) is 7.74. The van der Waals surface area contributed by atoms with Crippen molar-refractivity contribution in [3.05, 3.63) is 40.3 Å². The molecule has 0 aliphatic heterocycles. The van der Waals surface area contributed by atoms with Crippen molar-refractivity contribution in [3.8, 4) is 0 Å². The van der Waals surface area contributed by atoms with E-state index in [1.54, 1.807) is 12.3 Å². The Morgan fingerprint density at radius 2 is 2.06 bits per heavy atom. The lowest BCUT2D eigenvalue weighted by molar-refractivity contribution is 0.902. The summed E-state index contributed by atoms with van der Waals surface area (Å²) in [5, 5.41) is 0.703. The van der Waals surface area contributed by atoms with Crippen molar-refractivity contribution in [1.29, 1.82) is 0 Å². The van der Waals surface area contributed by atoms with Gasteiger partial charge in [0.2, 0.25) is 0 Å². The van der Waals surface area contributed by atoms with Gasteiger partial charge in [0.25, 0.3) is 0 Å². The van der Waals surface area contributed by atoms with Crippen LogP contribution in [0.15, 0.2) is 29.3 Å². The zero-order valence-corrected chi connectivity index (χ0v) is 10.3. The minimum atomic E-state index is 0.105. The summed E-state index contributed by atoms with van der Waals surface area (Å²) in [6.45, 7) is 5.99. The van der Waals surface area contributed by atoms with Crippen LogP contribution in [0.1, 0.15) is 26.3 Å². The SMILES string of the molecule is CC.CCc1cn(C)c2ncccc2c1=O. The highest BCUT2D eigenvalue weighted by Gasteiger charge is 2.05. The van der Waals surface area contributed by atoms with Gasteiger partial charge in [0.1, 0.15) is 5.65 Å². The van der Waals surface area contributed by atoms with Gasteiger partial charge in [-0.1, -0.05) is 20.8 Å². The van der Waals surface area contributed by atoms with E-state index in [9.17, 15) is 4.79 Å². The zero-order valence-electron chi connectivity index (χ0n) is 10.3. The number of hydrogen-bond acceptors (Lipinski definition) is 2. The van der Waals surface area contributed by atoms with Crippen molar-refractivity contribution in [2.75, 3.05) is 0 Å². The second-order valence-electron chi connectivity index (χ2n) is 3.32. The van der Waals surface area contributed by atoms with Crippen LogP contribution >= 0.6 is 0 Å². The van der Waals surface area contributed by atoms with Crippen molar-refractivity contribution in [1.82, 2.24) is 9.55 Å². The van der Waals surface area contributed by atoms with Gasteiger partial charge < -0.3 is 4.57 Å². The molecule has 0 N–H and O–H groups in total. The monoisotopic (exact) mass is 218 g/mol. The van der Waals surface area contributed by atoms with E-state index >= 15 is 0 Å². The highest BCUT2D eigenvalue weighted by atomic mass is 16.1. The predicted molar refractivity (Wildman–Crippen MR) is 67.7 cm³/mol. The predicted octanol–water partition coefficient (Wildman–Crippen LogP) is 2.52. The number of pyridine rings is 2. The highest BCUT2D eigenvalue weighted by molar-refractivity contribution is 5.75. The average Bonchev–Trinajstić information content (AvgIpc) is 2.36. The lowest BCUT2D eigenvalue weighted by Crippen LogP contribution is -2.13. The molecule has 2 heterocycles. The molecule has 0 aromatic carbocycles. The number of hydrogen-bond donors (Lipinski definition) is 0. The average molecular weight is 218 g/mol. The third-order valence-corrected chi connectivity index (χ3v) is 2.39. The second kappa shape index (κ2) is 5.45. The minimum absolute atomic E-state index is 0.105. The van der Waals surface area contributed by atoms with Crippen LogP contribution < -0.4 is 5.43 Å². The van der Waals surface area contributed by atoms with E-state index in [1.807, 2.05) is 44.6 Å². The Morgan fingerprint density at radius 1 is 1.38 bits per heavy atom. The molecule has 0 unspecified atom stereocenters. The van der Waals surface area contributed by atoms with Gasteiger partial charge in [-0.25, -0.2) is 4.98 Å². The first-order valence-electron chi connectivity index (χ1n) is 5.67. The molecule has 0 aliphatic rings. The molecule has 0 atom stereocenters. The van der Waals surface area contributed by atoms with Crippen molar-refractivity contribution in [2.45, 2.75) is 27.2 Å². The fourth-order valence-corrected chi connectivity index (χ4v) is 1.63. The van der Waals surface area contributed by atoms with Gasteiger partial charge in [0, 0.05) is 25.0 Å². The quantitative estimate of drug-likeness (QED) is 0.737. The van der Waals surface area contributed by atoms with E-state index in [4.69, 9.17) is 0 Å². The molecule has 0 aliphatic carbocycles. The van der Waals surface area contributed by atoms with Crippen molar-refractivity contribution < 1.29 is 0 Å². The number of fused-ring (bicyclic) bond motifs is 1. The largest absolute Gasteiger partial charge is 0.335 e. The molecule has 86 valence electrons. The minimum Gasteiger partial charge on any atom is -0.335 e. The maximum atomic E-state index is 11.9. The van der Waals surface area contributed by atoms with E-state index in [2.05, 4.69) is 4.98 Å². The second-order valence-corrected chi connectivity index (χ2v) is 3.32. The number of aromatic nitrogens is 2. The van der Waals surface area contributed by atoms with Crippen LogP contribution in [0.5, 0.6) is 0 Å². The maximum absolute atomic E-state index is 11.9. The van der Waals surface area contributed by atoms with Crippen LogP contribution in [0.4, 0.5) is 0 Å². The Morgan fingerprint density at radius 3 is 2.69 bits per heavy atom. The van der Waals surface area contributed by atoms with Crippen LogP contribution in [0.2, 0.25) is 0 Å². The van der Waals surface area contributed by atoms with Crippen LogP contribution in [0.3, 0.4) is 0 Å². The van der Waals surface area contributed by atoms with Gasteiger partial charge in [-0.3, -0.25) is 4.79 Å².